The van der Waals surface area contributed by atoms with E-state index in [0.717, 1.165) is 19.5 Å². The van der Waals surface area contributed by atoms with Crippen molar-refractivity contribution in [2.24, 2.45) is 0 Å². The maximum Gasteiger partial charge on any atom is 0.0443 e. The lowest BCUT2D eigenvalue weighted by molar-refractivity contribution is 0.286. The lowest BCUT2D eigenvalue weighted by atomic mass is 10.0. The van der Waals surface area contributed by atoms with Crippen LogP contribution < -0.4 is 5.32 Å². The average Bonchev–Trinajstić information content (AvgIpc) is 2.60. The van der Waals surface area contributed by atoms with Gasteiger partial charge in [-0.05, 0) is 25.9 Å². The summed E-state index contributed by atoms with van der Waals surface area (Å²) in [5, 5.41) is 12.1. The number of hydrogen-bond acceptors (Lipinski definition) is 2. The maximum atomic E-state index is 8.68. The van der Waals surface area contributed by atoms with Crippen molar-refractivity contribution in [3.8, 4) is 0 Å². The molecule has 0 heterocycles. The molecule has 146 valence electrons. The van der Waals surface area contributed by atoms with E-state index < -0.39 is 0 Å². The van der Waals surface area contributed by atoms with Crippen LogP contribution in [0.2, 0.25) is 0 Å². The van der Waals surface area contributed by atoms with Gasteiger partial charge in [-0.1, -0.05) is 110 Å². The Labute approximate surface area is 153 Å². The summed E-state index contributed by atoms with van der Waals surface area (Å²) < 4.78 is 0. The van der Waals surface area contributed by atoms with Crippen LogP contribution in [0.4, 0.5) is 0 Å². The third-order valence-corrected chi connectivity index (χ3v) is 4.97. The summed E-state index contributed by atoms with van der Waals surface area (Å²) in [6.07, 6.45) is 25.2. The highest BCUT2D eigenvalue weighted by Crippen LogP contribution is 2.13. The molecule has 0 radical (unpaired) electrons. The van der Waals surface area contributed by atoms with E-state index in [2.05, 4.69) is 12.2 Å². The Morgan fingerprint density at radius 2 is 0.792 bits per heavy atom. The first kappa shape index (κ1) is 23.9. The summed E-state index contributed by atoms with van der Waals surface area (Å²) >= 11 is 0. The zero-order valence-electron chi connectivity index (χ0n) is 16.8. The molecular formula is C22H47NO. The minimum Gasteiger partial charge on any atom is -0.396 e. The molecule has 0 amide bonds. The molecule has 0 aliphatic heterocycles. The van der Waals surface area contributed by atoms with Crippen molar-refractivity contribution in [2.75, 3.05) is 19.7 Å². The van der Waals surface area contributed by atoms with E-state index in [1.807, 2.05) is 0 Å². The molecule has 0 aromatic rings. The van der Waals surface area contributed by atoms with Gasteiger partial charge in [0, 0.05) is 6.61 Å². The van der Waals surface area contributed by atoms with Crippen molar-refractivity contribution in [2.45, 2.75) is 122 Å². The summed E-state index contributed by atoms with van der Waals surface area (Å²) in [6, 6.07) is 0. The molecule has 0 bridgehead atoms. The first-order valence-corrected chi connectivity index (χ1v) is 11.2. The van der Waals surface area contributed by atoms with E-state index in [4.69, 9.17) is 5.11 Å². The Bertz CT molecular complexity index is 186. The molecule has 0 unspecified atom stereocenters. The fraction of sp³-hybridized carbons (Fsp3) is 1.00. The molecule has 0 rings (SSSR count). The second kappa shape index (κ2) is 22.9. The quantitative estimate of drug-likeness (QED) is 0.230. The Morgan fingerprint density at radius 3 is 1.17 bits per heavy atom. The number of hydrogen-bond donors (Lipinski definition) is 2. The van der Waals surface area contributed by atoms with Gasteiger partial charge in [0.2, 0.25) is 0 Å². The standard InChI is InChI=1S/C22H47NO/c1-2-3-4-5-6-7-8-9-10-11-12-13-14-15-16-17-18-20-23-21-19-22-24/h23-24H,2-22H2,1H3. The summed E-state index contributed by atoms with van der Waals surface area (Å²) in [4.78, 5) is 0. The fourth-order valence-corrected chi connectivity index (χ4v) is 3.30. The molecule has 24 heavy (non-hydrogen) atoms. The molecule has 0 saturated heterocycles. The number of unbranched alkanes of at least 4 members (excludes halogenated alkanes) is 16. The van der Waals surface area contributed by atoms with Crippen LogP contribution in [0.25, 0.3) is 0 Å². The number of nitrogens with one attached hydrogen (secondary N) is 1. The Balaban J connectivity index is 2.93. The molecule has 2 nitrogen and oxygen atoms in total. The van der Waals surface area contributed by atoms with Crippen LogP contribution in [0.15, 0.2) is 0 Å². The first-order chi connectivity index (χ1) is 11.9. The van der Waals surface area contributed by atoms with Gasteiger partial charge in [-0.3, -0.25) is 0 Å². The highest BCUT2D eigenvalue weighted by atomic mass is 16.3. The van der Waals surface area contributed by atoms with Crippen LogP contribution in [0.3, 0.4) is 0 Å². The zero-order valence-corrected chi connectivity index (χ0v) is 16.8. The SMILES string of the molecule is CCCCCCCCCCCCCCCCCCCNCCCO. The van der Waals surface area contributed by atoms with Crippen molar-refractivity contribution in [1.82, 2.24) is 5.32 Å². The molecule has 0 aromatic heterocycles. The summed E-state index contributed by atoms with van der Waals surface area (Å²) in [5.41, 5.74) is 0. The predicted octanol–water partition coefficient (Wildman–Crippen LogP) is 6.61. The monoisotopic (exact) mass is 341 g/mol. The first-order valence-electron chi connectivity index (χ1n) is 11.2. The van der Waals surface area contributed by atoms with E-state index in [1.54, 1.807) is 0 Å². The van der Waals surface area contributed by atoms with Crippen molar-refractivity contribution >= 4 is 0 Å². The molecule has 2 N–H and O–H groups in total. The molecule has 0 atom stereocenters. The predicted molar refractivity (Wildman–Crippen MR) is 109 cm³/mol. The van der Waals surface area contributed by atoms with E-state index in [1.165, 1.54) is 109 Å². The van der Waals surface area contributed by atoms with Crippen LogP contribution in [0, 0.1) is 0 Å². The van der Waals surface area contributed by atoms with Gasteiger partial charge >= 0.3 is 0 Å². The Hall–Kier alpha value is -0.0800. The van der Waals surface area contributed by atoms with Crippen LogP contribution in [-0.2, 0) is 0 Å². The van der Waals surface area contributed by atoms with Gasteiger partial charge in [-0.2, -0.15) is 0 Å². The second-order valence-electron chi connectivity index (χ2n) is 7.48. The normalized spacial score (nSPS) is 11.2. The van der Waals surface area contributed by atoms with Crippen molar-refractivity contribution in [3.05, 3.63) is 0 Å². The summed E-state index contributed by atoms with van der Waals surface area (Å²) in [5.74, 6) is 0. The minimum absolute atomic E-state index is 0.312. The largest absolute Gasteiger partial charge is 0.396 e. The Morgan fingerprint density at radius 1 is 0.458 bits per heavy atom. The second-order valence-corrected chi connectivity index (χ2v) is 7.48. The van der Waals surface area contributed by atoms with Gasteiger partial charge in [0.1, 0.15) is 0 Å². The van der Waals surface area contributed by atoms with E-state index in [9.17, 15) is 0 Å². The van der Waals surface area contributed by atoms with Gasteiger partial charge in [0.05, 0.1) is 0 Å². The molecule has 0 aliphatic rings. The van der Waals surface area contributed by atoms with Crippen LogP contribution >= 0.6 is 0 Å². The minimum atomic E-state index is 0.312. The molecular weight excluding hydrogens is 294 g/mol. The van der Waals surface area contributed by atoms with Gasteiger partial charge in [0.15, 0.2) is 0 Å². The molecule has 2 heteroatoms. The van der Waals surface area contributed by atoms with Gasteiger partial charge in [-0.25, -0.2) is 0 Å². The van der Waals surface area contributed by atoms with E-state index >= 15 is 0 Å². The molecule has 0 aliphatic carbocycles. The highest BCUT2D eigenvalue weighted by Gasteiger charge is 1.95. The van der Waals surface area contributed by atoms with Gasteiger partial charge in [-0.15, -0.1) is 0 Å². The molecule has 0 aromatic carbocycles. The number of aliphatic hydroxyl groups excluding tert-OH is 1. The third-order valence-electron chi connectivity index (χ3n) is 4.97. The maximum absolute atomic E-state index is 8.68. The topological polar surface area (TPSA) is 32.3 Å². The summed E-state index contributed by atoms with van der Waals surface area (Å²) in [6.45, 7) is 4.69. The van der Waals surface area contributed by atoms with E-state index in [-0.39, 0.29) is 0 Å². The van der Waals surface area contributed by atoms with Crippen LogP contribution in [-0.4, -0.2) is 24.8 Å². The van der Waals surface area contributed by atoms with Crippen LogP contribution in [0.5, 0.6) is 0 Å². The van der Waals surface area contributed by atoms with E-state index in [0.29, 0.717) is 6.61 Å². The van der Waals surface area contributed by atoms with Crippen molar-refractivity contribution < 1.29 is 5.11 Å². The zero-order chi connectivity index (χ0) is 17.6. The Kier molecular flexibility index (Phi) is 22.8. The van der Waals surface area contributed by atoms with Crippen molar-refractivity contribution in [3.63, 3.8) is 0 Å². The smallest absolute Gasteiger partial charge is 0.0443 e. The van der Waals surface area contributed by atoms with Gasteiger partial charge < -0.3 is 10.4 Å². The summed E-state index contributed by atoms with van der Waals surface area (Å²) in [7, 11) is 0. The fourth-order valence-electron chi connectivity index (χ4n) is 3.30. The average molecular weight is 342 g/mol. The lowest BCUT2D eigenvalue weighted by Gasteiger charge is -2.04. The third kappa shape index (κ3) is 21.9. The molecule has 0 fully saturated rings. The molecule has 0 spiro atoms. The molecule has 0 saturated carbocycles. The van der Waals surface area contributed by atoms with Gasteiger partial charge in [0.25, 0.3) is 0 Å². The number of rotatable bonds is 21. The van der Waals surface area contributed by atoms with Crippen LogP contribution in [0.1, 0.15) is 122 Å². The highest BCUT2D eigenvalue weighted by molar-refractivity contribution is 4.52. The lowest BCUT2D eigenvalue weighted by Crippen LogP contribution is -2.17. The number of aliphatic hydroxyl groups is 1. The van der Waals surface area contributed by atoms with Crippen molar-refractivity contribution in [1.29, 1.82) is 0 Å².